The summed E-state index contributed by atoms with van der Waals surface area (Å²) in [5.41, 5.74) is 5.31. The number of carbonyl (C=O) groups is 4. The highest BCUT2D eigenvalue weighted by Crippen LogP contribution is 2.48. The van der Waals surface area contributed by atoms with Gasteiger partial charge in [-0.3, -0.25) is 19.2 Å². The lowest BCUT2D eigenvalue weighted by Gasteiger charge is -2.24. The zero-order valence-electron chi connectivity index (χ0n) is 70.8. The largest absolute Gasteiger partial charge is 0.493 e. The van der Waals surface area contributed by atoms with Crippen molar-refractivity contribution in [1.82, 2.24) is 0 Å². The molecule has 20 heteroatoms. The number of ether oxygens (including phenoxy) is 4. The van der Waals surface area contributed by atoms with Gasteiger partial charge < -0.3 is 58.5 Å². The second-order valence-corrected chi connectivity index (χ2v) is 42.4. The van der Waals surface area contributed by atoms with E-state index >= 15 is 27.8 Å². The van der Waals surface area contributed by atoms with Gasteiger partial charge in [-0.15, -0.1) is 0 Å². The van der Waals surface area contributed by atoms with Crippen LogP contribution in [0, 0.1) is 0 Å². The van der Waals surface area contributed by atoms with Gasteiger partial charge in [0.05, 0.1) is 51.1 Å². The van der Waals surface area contributed by atoms with E-state index in [1.54, 1.807) is 109 Å². The van der Waals surface area contributed by atoms with Crippen LogP contribution in [0.3, 0.4) is 0 Å². The molecule has 0 aliphatic heterocycles. The third-order valence-corrected chi connectivity index (χ3v) is 33.7. The third-order valence-electron chi connectivity index (χ3n) is 21.7. The first kappa shape index (κ1) is 90.9. The molecule has 0 saturated carbocycles. The van der Waals surface area contributed by atoms with Crippen LogP contribution >= 0.6 is 28.6 Å². The highest BCUT2D eigenvalue weighted by atomic mass is 31.2. The number of nitrogens with one attached hydrogen (secondary N) is 4. The van der Waals surface area contributed by atoms with Crippen molar-refractivity contribution < 1.29 is 56.4 Å². The first-order valence-corrected chi connectivity index (χ1v) is 50.6. The Morgan fingerprint density at radius 3 is 0.650 bits per heavy atom. The molecule has 0 aliphatic rings. The second-order valence-electron chi connectivity index (χ2n) is 31.1. The molecule has 0 saturated heterocycles. The predicted molar refractivity (Wildman–Crippen MR) is 507 cm³/mol. The van der Waals surface area contributed by atoms with E-state index in [0.29, 0.717) is 148 Å². The lowest BCUT2D eigenvalue weighted by Crippen LogP contribution is -2.26. The molecule has 0 fully saturated rings. The van der Waals surface area contributed by atoms with Crippen molar-refractivity contribution in [1.29, 1.82) is 0 Å². The van der Waals surface area contributed by atoms with Gasteiger partial charge >= 0.3 is 0 Å². The summed E-state index contributed by atoms with van der Waals surface area (Å²) in [5.74, 6) is 0.0892. The van der Waals surface area contributed by atoms with Crippen molar-refractivity contribution in [2.45, 2.75) is 124 Å². The van der Waals surface area contributed by atoms with Gasteiger partial charge in [0.15, 0.2) is 28.6 Å². The summed E-state index contributed by atoms with van der Waals surface area (Å²) in [6.07, 6.45) is 8.97. The summed E-state index contributed by atoms with van der Waals surface area (Å²) in [5, 5.41) is 17.1. The highest BCUT2D eigenvalue weighted by Gasteiger charge is 2.36. The van der Waals surface area contributed by atoms with Gasteiger partial charge in [-0.2, -0.15) is 0 Å². The van der Waals surface area contributed by atoms with Crippen molar-refractivity contribution in [3.05, 3.63) is 337 Å². The van der Waals surface area contributed by atoms with Gasteiger partial charge in [-0.25, -0.2) is 0 Å². The molecule has 0 heterocycles. The Kier molecular flexibility index (Phi) is 33.3. The van der Waals surface area contributed by atoms with E-state index < -0.39 is 52.2 Å². The minimum Gasteiger partial charge on any atom is -0.493 e. The maximum Gasteiger partial charge on any atom is 0.232 e. The minimum atomic E-state index is -3.66. The Hall–Kier alpha value is -11.4. The number of anilines is 4. The topological polar surface area (TPSA) is 222 Å². The molecular weight excluding hydrogens is 1610 g/mol. The van der Waals surface area contributed by atoms with Gasteiger partial charge in [0.1, 0.15) is 23.0 Å². The number of carbonyl (C=O) groups excluding carboxylic acids is 4. The van der Waals surface area contributed by atoms with Crippen molar-refractivity contribution in [3.8, 4) is 23.0 Å². The molecule has 123 heavy (non-hydrogen) atoms. The Bertz CT molecular complexity index is 5160. The maximum absolute atomic E-state index is 15.9. The van der Waals surface area contributed by atoms with E-state index in [2.05, 4.69) is 49.0 Å². The molecule has 0 radical (unpaired) electrons. The molecule has 12 rings (SSSR count). The van der Waals surface area contributed by atoms with Gasteiger partial charge in [0.25, 0.3) is 0 Å². The zero-order valence-corrected chi connectivity index (χ0v) is 74.4. The van der Waals surface area contributed by atoms with E-state index in [1.807, 2.05) is 194 Å². The first-order valence-electron chi connectivity index (χ1n) is 43.0. The van der Waals surface area contributed by atoms with E-state index in [1.165, 1.54) is 0 Å². The van der Waals surface area contributed by atoms with Crippen molar-refractivity contribution in [2.24, 2.45) is 0 Å². The molecule has 12 aromatic rings. The minimum absolute atomic E-state index is 0.0391. The van der Waals surface area contributed by atoms with Crippen LogP contribution in [0.25, 0.3) is 0 Å². The molecule has 4 N–H and O–H groups in total. The van der Waals surface area contributed by atoms with Gasteiger partial charge in [-0.1, -0.05) is 322 Å². The summed E-state index contributed by atoms with van der Waals surface area (Å²) >= 11 is 0. The molecule has 12 aromatic carbocycles. The van der Waals surface area contributed by atoms with Gasteiger partial charge in [-0.05, 0) is 86.3 Å². The molecule has 16 nitrogen and oxygen atoms in total. The summed E-state index contributed by atoms with van der Waals surface area (Å²) in [4.78, 5) is 60.4. The first-order chi connectivity index (χ1) is 59.9. The van der Waals surface area contributed by atoms with E-state index in [-0.39, 0.29) is 57.1 Å². The van der Waals surface area contributed by atoms with E-state index in [0.717, 1.165) is 64.2 Å². The van der Waals surface area contributed by atoms with Crippen LogP contribution in [0.5, 0.6) is 23.0 Å². The Labute approximate surface area is 725 Å². The fraction of sp³-hybridized carbons (Fsp3) is 0.262. The summed E-state index contributed by atoms with van der Waals surface area (Å²) in [6, 6.07) is 91.2. The number of amides is 4. The SMILES string of the molecule is CCCCCOc1ccc(NC(=O)CP(=O)(c2ccccc2)c2ccccc2)cc1Cc1cc(NC(=O)CP(=O)(c2ccccc2)c2ccccc2)cc(Cc2cc(NC(=O)CP(=O)(c3ccccc3)c3ccccc3)cc(Cc3cc(NC(=O)CP(=O)(c4ccccc4)c4ccccc4)ccc3OCCCCC)c2OCCCCC)c1OCCCCC. The molecule has 0 aromatic heterocycles. The summed E-state index contributed by atoms with van der Waals surface area (Å²) in [6.45, 7) is 9.84. The van der Waals surface area contributed by atoms with Crippen LogP contribution in [-0.4, -0.2) is 74.7 Å². The third kappa shape index (κ3) is 24.5. The Morgan fingerprint density at radius 1 is 0.236 bits per heavy atom. The monoisotopic (exact) mass is 1720 g/mol. The fourth-order valence-corrected chi connectivity index (χ4v) is 25.3. The number of rotatable bonds is 46. The van der Waals surface area contributed by atoms with Crippen molar-refractivity contribution in [3.63, 3.8) is 0 Å². The molecule has 636 valence electrons. The van der Waals surface area contributed by atoms with Gasteiger partial charge in [0, 0.05) is 118 Å². The van der Waals surface area contributed by atoms with Crippen LogP contribution in [0.2, 0.25) is 0 Å². The average molecular weight is 1720 g/mol. The van der Waals surface area contributed by atoms with Crippen LogP contribution in [0.4, 0.5) is 22.7 Å². The highest BCUT2D eigenvalue weighted by molar-refractivity contribution is 7.80. The Morgan fingerprint density at radius 2 is 0.431 bits per heavy atom. The number of hydrogen-bond acceptors (Lipinski definition) is 12. The summed E-state index contributed by atoms with van der Waals surface area (Å²) in [7, 11) is -14.4. The Balaban J connectivity index is 1.03. The lowest BCUT2D eigenvalue weighted by atomic mass is 9.93. The predicted octanol–water partition coefficient (Wildman–Crippen LogP) is 20.5. The smallest absolute Gasteiger partial charge is 0.232 e. The van der Waals surface area contributed by atoms with Crippen LogP contribution in [0.15, 0.2) is 303 Å². The second kappa shape index (κ2) is 45.1. The van der Waals surface area contributed by atoms with Crippen molar-refractivity contribution >= 4 is 117 Å². The molecule has 0 atom stereocenters. The quantitative estimate of drug-likeness (QED) is 0.0207. The molecule has 0 unspecified atom stereocenters. The van der Waals surface area contributed by atoms with Crippen LogP contribution in [-0.2, 0) is 56.7 Å². The van der Waals surface area contributed by atoms with Gasteiger partial charge in [0.2, 0.25) is 23.6 Å². The number of benzene rings is 12. The van der Waals surface area contributed by atoms with E-state index in [9.17, 15) is 9.59 Å². The van der Waals surface area contributed by atoms with Crippen LogP contribution < -0.4 is 82.7 Å². The molecule has 0 spiro atoms. The average Bonchev–Trinajstić information content (AvgIpc) is 0.786. The molecule has 0 aliphatic carbocycles. The zero-order chi connectivity index (χ0) is 86.3. The fourth-order valence-electron chi connectivity index (χ4n) is 15.4. The summed E-state index contributed by atoms with van der Waals surface area (Å²) < 4.78 is 90.7. The molecular formula is C103H112N4O12P4. The molecule has 0 bridgehead atoms. The normalized spacial score (nSPS) is 11.6. The number of unbranched alkanes of at least 4 members (excludes halogenated alkanes) is 8. The standard InChI is InChI=1S/C103H112N4O12P4/c1-5-9-37-61-116-96-59-57-84(104-98(108)74-120(112,88-41-21-13-22-42-88)89-43-23-14-24-44-89)68-78(96)65-80-70-86(106-100(110)76-122(114,92-49-29-17-30-50-92)93-51-31-18-32-52-93)72-82(102(80)118-63-39-11-7-3)67-83-73-87(107-101(111)77-123(115,94-53-33-19-34-54-94)95-55-35-20-36-56-95)71-81(103(83)119-64-40-12-8-4)66-79-69-85(58-60-97(79)117-62-38-10-6-2)105-99(109)75-121(113,90-45-25-15-26-46-90)91-47-27-16-28-48-91/h13-36,41-60,68-73H,5-12,37-40,61-67,74-77H2,1-4H3,(H,104,108)(H,105,109)(H,106,110)(H,107,111). The lowest BCUT2D eigenvalue weighted by molar-refractivity contribution is -0.114. The number of hydrogen-bond donors (Lipinski definition) is 4. The van der Waals surface area contributed by atoms with Crippen LogP contribution in [0.1, 0.15) is 138 Å². The molecule has 4 amide bonds. The maximum atomic E-state index is 15.9. The van der Waals surface area contributed by atoms with E-state index in [4.69, 9.17) is 18.9 Å². The van der Waals surface area contributed by atoms with Crippen molar-refractivity contribution in [2.75, 3.05) is 72.3 Å².